The Hall–Kier alpha value is -1.00. The molecule has 20 heavy (non-hydrogen) atoms. The van der Waals surface area contributed by atoms with Crippen LogP contribution in [0.3, 0.4) is 0 Å². The molecule has 2 rings (SSSR count). The van der Waals surface area contributed by atoms with E-state index < -0.39 is 22.1 Å². The van der Waals surface area contributed by atoms with Gasteiger partial charge in [-0.2, -0.15) is 4.31 Å². The van der Waals surface area contributed by atoms with Crippen LogP contribution in [0.2, 0.25) is 0 Å². The summed E-state index contributed by atoms with van der Waals surface area (Å²) in [7, 11) is -3.78. The van der Waals surface area contributed by atoms with Gasteiger partial charge in [-0.15, -0.1) is 11.3 Å². The van der Waals surface area contributed by atoms with Crippen molar-refractivity contribution in [3.63, 3.8) is 0 Å². The van der Waals surface area contributed by atoms with Crippen molar-refractivity contribution in [3.05, 3.63) is 16.3 Å². The third-order valence-electron chi connectivity index (χ3n) is 3.04. The Labute approximate surface area is 120 Å². The Morgan fingerprint density at radius 1 is 1.60 bits per heavy atom. The number of thiophene rings is 1. The van der Waals surface area contributed by atoms with Crippen molar-refractivity contribution in [2.24, 2.45) is 0 Å². The summed E-state index contributed by atoms with van der Waals surface area (Å²) in [6.45, 7) is 1.69. The molecule has 0 aromatic carbocycles. The van der Waals surface area contributed by atoms with Crippen molar-refractivity contribution in [1.82, 2.24) is 4.31 Å². The van der Waals surface area contributed by atoms with Gasteiger partial charge in [0.2, 0.25) is 10.0 Å². The van der Waals surface area contributed by atoms with E-state index in [1.807, 2.05) is 0 Å². The van der Waals surface area contributed by atoms with Gasteiger partial charge in [-0.05, 0) is 13.0 Å². The molecule has 1 aliphatic rings. The number of carbonyl (C=O) groups is 1. The molecular formula is C11H15NO6S2. The second kappa shape index (κ2) is 5.78. The lowest BCUT2D eigenvalue weighted by atomic mass is 10.2. The average Bonchev–Trinajstić information content (AvgIpc) is 2.89. The van der Waals surface area contributed by atoms with E-state index in [1.54, 1.807) is 6.92 Å². The monoisotopic (exact) mass is 321 g/mol. The topological polar surface area (TPSA) is 104 Å². The highest BCUT2D eigenvalue weighted by molar-refractivity contribution is 7.89. The molecule has 2 heterocycles. The zero-order chi connectivity index (χ0) is 14.9. The number of aromatic carboxylic acids is 1. The summed E-state index contributed by atoms with van der Waals surface area (Å²) in [4.78, 5) is 10.8. The van der Waals surface area contributed by atoms with Gasteiger partial charge >= 0.3 is 5.97 Å². The van der Waals surface area contributed by atoms with E-state index in [2.05, 4.69) is 0 Å². The molecule has 0 spiro atoms. The highest BCUT2D eigenvalue weighted by Crippen LogP contribution is 2.26. The standard InChI is InChI=1S/C11H15NO6S2/c1-7-5-18-8(4-13)3-12(7)20(16,17)9-2-10(11(14)15)19-6-9/h2,6-8,13H,3-5H2,1H3,(H,14,15). The van der Waals surface area contributed by atoms with Gasteiger partial charge in [0.15, 0.2) is 0 Å². The zero-order valence-corrected chi connectivity index (χ0v) is 12.4. The summed E-state index contributed by atoms with van der Waals surface area (Å²) in [5.41, 5.74) is 0. The van der Waals surface area contributed by atoms with E-state index in [1.165, 1.54) is 9.69 Å². The maximum Gasteiger partial charge on any atom is 0.345 e. The van der Waals surface area contributed by atoms with Gasteiger partial charge in [0, 0.05) is 18.0 Å². The lowest BCUT2D eigenvalue weighted by Crippen LogP contribution is -2.51. The van der Waals surface area contributed by atoms with Crippen LogP contribution in [0.5, 0.6) is 0 Å². The van der Waals surface area contributed by atoms with Crippen molar-refractivity contribution in [3.8, 4) is 0 Å². The molecule has 9 heteroatoms. The smallest absolute Gasteiger partial charge is 0.345 e. The number of nitrogens with zero attached hydrogens (tertiary/aromatic N) is 1. The fraction of sp³-hybridized carbons (Fsp3) is 0.545. The van der Waals surface area contributed by atoms with Gasteiger partial charge in [0.25, 0.3) is 0 Å². The zero-order valence-electron chi connectivity index (χ0n) is 10.7. The molecule has 1 aliphatic heterocycles. The van der Waals surface area contributed by atoms with Crippen molar-refractivity contribution in [2.75, 3.05) is 19.8 Å². The summed E-state index contributed by atoms with van der Waals surface area (Å²) in [6.07, 6.45) is -0.557. The molecule has 1 saturated heterocycles. The fourth-order valence-electron chi connectivity index (χ4n) is 1.94. The maximum absolute atomic E-state index is 12.5. The molecule has 2 atom stereocenters. The third-order valence-corrected chi connectivity index (χ3v) is 6.07. The van der Waals surface area contributed by atoms with Crippen molar-refractivity contribution in [1.29, 1.82) is 0 Å². The number of morpholine rings is 1. The molecule has 112 valence electrons. The van der Waals surface area contributed by atoms with Crippen LogP contribution in [0.25, 0.3) is 0 Å². The molecule has 0 bridgehead atoms. The first kappa shape index (κ1) is 15.4. The molecule has 1 aromatic heterocycles. The normalized spacial score (nSPS) is 24.7. The number of carboxylic acid groups (broad SMARTS) is 1. The molecule has 2 unspecified atom stereocenters. The van der Waals surface area contributed by atoms with Crippen molar-refractivity contribution in [2.45, 2.75) is 24.0 Å². The number of aliphatic hydroxyl groups excluding tert-OH is 1. The Bertz CT molecular complexity index is 596. The van der Waals surface area contributed by atoms with Gasteiger partial charge < -0.3 is 14.9 Å². The number of hydrogen-bond acceptors (Lipinski definition) is 6. The minimum absolute atomic E-state index is 0.0248. The van der Waals surface area contributed by atoms with E-state index in [-0.39, 0.29) is 35.6 Å². The molecule has 0 aliphatic carbocycles. The quantitative estimate of drug-likeness (QED) is 0.822. The Balaban J connectivity index is 2.30. The first-order valence-corrected chi connectivity index (χ1v) is 8.24. The van der Waals surface area contributed by atoms with Crippen LogP contribution in [0.4, 0.5) is 0 Å². The largest absolute Gasteiger partial charge is 0.477 e. The highest BCUT2D eigenvalue weighted by atomic mass is 32.2. The Morgan fingerprint density at radius 3 is 2.85 bits per heavy atom. The van der Waals surface area contributed by atoms with Gasteiger partial charge in [-0.3, -0.25) is 0 Å². The minimum atomic E-state index is -3.78. The summed E-state index contributed by atoms with van der Waals surface area (Å²) in [5, 5.41) is 19.3. The third kappa shape index (κ3) is 2.86. The number of aliphatic hydroxyl groups is 1. The number of carboxylic acids is 1. The van der Waals surface area contributed by atoms with Crippen LogP contribution in [-0.4, -0.2) is 60.8 Å². The van der Waals surface area contributed by atoms with Crippen LogP contribution in [0, 0.1) is 0 Å². The van der Waals surface area contributed by atoms with Gasteiger partial charge in [0.05, 0.1) is 24.2 Å². The Kier molecular flexibility index (Phi) is 4.45. The van der Waals surface area contributed by atoms with E-state index >= 15 is 0 Å². The van der Waals surface area contributed by atoms with E-state index in [0.29, 0.717) is 0 Å². The lowest BCUT2D eigenvalue weighted by molar-refractivity contribution is -0.0516. The average molecular weight is 321 g/mol. The second-order valence-corrected chi connectivity index (χ2v) is 7.32. The van der Waals surface area contributed by atoms with E-state index in [0.717, 1.165) is 17.4 Å². The highest BCUT2D eigenvalue weighted by Gasteiger charge is 2.36. The number of sulfonamides is 1. The molecule has 1 aromatic rings. The summed E-state index contributed by atoms with van der Waals surface area (Å²) in [5.74, 6) is -1.15. The Morgan fingerprint density at radius 2 is 2.30 bits per heavy atom. The molecule has 0 radical (unpaired) electrons. The first-order valence-electron chi connectivity index (χ1n) is 5.92. The van der Waals surface area contributed by atoms with Gasteiger partial charge in [-0.25, -0.2) is 13.2 Å². The van der Waals surface area contributed by atoms with Crippen molar-refractivity contribution < 1.29 is 28.2 Å². The molecule has 1 fully saturated rings. The maximum atomic E-state index is 12.5. The minimum Gasteiger partial charge on any atom is -0.477 e. The summed E-state index contributed by atoms with van der Waals surface area (Å²) < 4.78 is 31.5. The molecule has 2 N–H and O–H groups in total. The van der Waals surface area contributed by atoms with Crippen LogP contribution < -0.4 is 0 Å². The van der Waals surface area contributed by atoms with E-state index in [9.17, 15) is 13.2 Å². The van der Waals surface area contributed by atoms with Crippen LogP contribution in [0.1, 0.15) is 16.6 Å². The molecule has 7 nitrogen and oxygen atoms in total. The first-order chi connectivity index (χ1) is 9.36. The van der Waals surface area contributed by atoms with E-state index in [4.69, 9.17) is 14.9 Å². The lowest BCUT2D eigenvalue weighted by Gasteiger charge is -2.36. The van der Waals surface area contributed by atoms with Crippen molar-refractivity contribution >= 4 is 27.3 Å². The van der Waals surface area contributed by atoms with Gasteiger partial charge in [-0.1, -0.05) is 0 Å². The SMILES string of the molecule is CC1COC(CO)CN1S(=O)(=O)c1csc(C(=O)O)c1. The molecule has 0 amide bonds. The van der Waals surface area contributed by atoms with Crippen LogP contribution in [0.15, 0.2) is 16.3 Å². The second-order valence-electron chi connectivity index (χ2n) is 4.51. The summed E-state index contributed by atoms with van der Waals surface area (Å²) >= 11 is 0.870. The van der Waals surface area contributed by atoms with Gasteiger partial charge in [0.1, 0.15) is 4.88 Å². The molecule has 0 saturated carbocycles. The number of ether oxygens (including phenoxy) is 1. The predicted octanol–water partition coefficient (Wildman–Crippen LogP) is 0.217. The van der Waals surface area contributed by atoms with Crippen LogP contribution in [-0.2, 0) is 14.8 Å². The fourth-order valence-corrected chi connectivity index (χ4v) is 4.69. The van der Waals surface area contributed by atoms with Crippen LogP contribution >= 0.6 is 11.3 Å². The molecular weight excluding hydrogens is 306 g/mol. The summed E-state index contributed by atoms with van der Waals surface area (Å²) in [6, 6.07) is 0.786. The predicted molar refractivity (Wildman–Crippen MR) is 71.5 cm³/mol. The number of rotatable bonds is 4. The number of hydrogen-bond donors (Lipinski definition) is 2.